The van der Waals surface area contributed by atoms with Crippen molar-refractivity contribution in [3.8, 4) is 5.75 Å². The first-order valence-electron chi connectivity index (χ1n) is 11.8. The lowest BCUT2D eigenvalue weighted by Crippen LogP contribution is -2.72. The Kier molecular flexibility index (Phi) is 10.8. The lowest BCUT2D eigenvalue weighted by molar-refractivity contribution is -0.166. The zero-order chi connectivity index (χ0) is 26.9. The molecule has 2 rings (SSSR count). The van der Waals surface area contributed by atoms with E-state index in [0.29, 0.717) is 18.1 Å². The van der Waals surface area contributed by atoms with Crippen molar-refractivity contribution in [1.82, 2.24) is 10.2 Å². The molecule has 2 amide bonds. The Hall–Kier alpha value is -3.01. The molecule has 10 heteroatoms. The maximum Gasteiger partial charge on any atom is 0.326 e. The number of amides is 2. The van der Waals surface area contributed by atoms with Crippen LogP contribution in [0.25, 0.3) is 0 Å². The van der Waals surface area contributed by atoms with E-state index in [1.807, 2.05) is 37.5 Å². The smallest absolute Gasteiger partial charge is 0.326 e. The highest BCUT2D eigenvalue weighted by molar-refractivity contribution is 8.02. The predicted molar refractivity (Wildman–Crippen MR) is 137 cm³/mol. The van der Waals surface area contributed by atoms with Crippen LogP contribution >= 0.6 is 11.8 Å². The van der Waals surface area contributed by atoms with Gasteiger partial charge in [-0.25, -0.2) is 0 Å². The van der Waals surface area contributed by atoms with Crippen LogP contribution in [0.15, 0.2) is 35.2 Å². The molecule has 0 saturated carbocycles. The van der Waals surface area contributed by atoms with Gasteiger partial charge in [0.25, 0.3) is 0 Å². The Morgan fingerprint density at radius 2 is 1.92 bits per heavy atom. The Morgan fingerprint density at radius 3 is 2.56 bits per heavy atom. The van der Waals surface area contributed by atoms with Gasteiger partial charge in [-0.1, -0.05) is 12.1 Å². The maximum atomic E-state index is 13.0. The molecule has 0 aliphatic carbocycles. The molecule has 2 atom stereocenters. The zero-order valence-corrected chi connectivity index (χ0v) is 22.6. The second-order valence-corrected chi connectivity index (χ2v) is 10.3. The number of nitrogens with one attached hydrogen (secondary N) is 1. The van der Waals surface area contributed by atoms with Crippen molar-refractivity contribution in [2.24, 2.45) is 0 Å². The number of carbonyl (C=O) groups excluding carboxylic acids is 4. The average Bonchev–Trinajstić information content (AvgIpc) is 2.79. The van der Waals surface area contributed by atoms with Gasteiger partial charge < -0.3 is 24.4 Å². The van der Waals surface area contributed by atoms with E-state index in [1.54, 1.807) is 26.8 Å². The average molecular weight is 521 g/mol. The van der Waals surface area contributed by atoms with Gasteiger partial charge in [-0.05, 0) is 63.3 Å². The van der Waals surface area contributed by atoms with Gasteiger partial charge in [0.15, 0.2) is 0 Å². The van der Waals surface area contributed by atoms with Crippen LogP contribution in [-0.2, 0) is 35.1 Å². The number of rotatable bonds is 12. The number of thioether (sulfide) groups is 1. The number of ether oxygens (including phenoxy) is 3. The van der Waals surface area contributed by atoms with Crippen LogP contribution in [0.4, 0.5) is 0 Å². The molecule has 2 unspecified atom stereocenters. The fourth-order valence-corrected chi connectivity index (χ4v) is 4.52. The van der Waals surface area contributed by atoms with Crippen molar-refractivity contribution >= 4 is 35.5 Å². The molecule has 1 N–H and O–H groups in total. The molecule has 0 aromatic heterocycles. The minimum atomic E-state index is -0.799. The van der Waals surface area contributed by atoms with Gasteiger partial charge in [-0.3, -0.25) is 19.2 Å². The molecule has 9 nitrogen and oxygen atoms in total. The second-order valence-electron chi connectivity index (χ2n) is 9.36. The molecule has 198 valence electrons. The van der Waals surface area contributed by atoms with Crippen molar-refractivity contribution in [1.29, 1.82) is 0 Å². The number of methoxy groups -OCH3 is 1. The van der Waals surface area contributed by atoms with Crippen LogP contribution in [0.2, 0.25) is 0 Å². The van der Waals surface area contributed by atoms with E-state index in [1.165, 1.54) is 23.8 Å². The highest BCUT2D eigenvalue weighted by Gasteiger charge is 2.49. The summed E-state index contributed by atoms with van der Waals surface area (Å²) in [4.78, 5) is 50.9. The van der Waals surface area contributed by atoms with E-state index in [-0.39, 0.29) is 37.2 Å². The summed E-state index contributed by atoms with van der Waals surface area (Å²) in [7, 11) is 1.34. The Balaban J connectivity index is 2.11. The fourth-order valence-electron chi connectivity index (χ4n) is 3.71. The molecular formula is C26H36N2O7S. The van der Waals surface area contributed by atoms with Crippen molar-refractivity contribution in [3.63, 3.8) is 0 Å². The summed E-state index contributed by atoms with van der Waals surface area (Å²) in [5.41, 5.74) is 0.869. The molecule has 1 aliphatic rings. The molecular weight excluding hydrogens is 484 g/mol. The van der Waals surface area contributed by atoms with Crippen LogP contribution in [0.3, 0.4) is 0 Å². The van der Waals surface area contributed by atoms with Gasteiger partial charge in [-0.2, -0.15) is 0 Å². The maximum absolute atomic E-state index is 13.0. The third kappa shape index (κ3) is 8.89. The number of esters is 2. The first kappa shape index (κ1) is 29.2. The molecule has 1 aromatic carbocycles. The van der Waals surface area contributed by atoms with E-state index in [4.69, 9.17) is 9.47 Å². The molecule has 1 aliphatic heterocycles. The van der Waals surface area contributed by atoms with Gasteiger partial charge in [0.2, 0.25) is 11.8 Å². The third-order valence-electron chi connectivity index (χ3n) is 5.20. The number of nitrogens with zero attached hydrogens (tertiary/aromatic N) is 1. The largest absolute Gasteiger partial charge is 0.494 e. The van der Waals surface area contributed by atoms with Crippen LogP contribution in [0.1, 0.15) is 46.6 Å². The number of β-lactam (4-membered cyclic amide) rings is 1. The van der Waals surface area contributed by atoms with E-state index >= 15 is 0 Å². The Bertz CT molecular complexity index is 987. The minimum Gasteiger partial charge on any atom is -0.494 e. The zero-order valence-electron chi connectivity index (χ0n) is 21.8. The summed E-state index contributed by atoms with van der Waals surface area (Å²) < 4.78 is 15.5. The summed E-state index contributed by atoms with van der Waals surface area (Å²) in [5, 5.41) is 4.66. The number of benzene rings is 1. The lowest BCUT2D eigenvalue weighted by Gasteiger charge is -2.47. The van der Waals surface area contributed by atoms with Crippen LogP contribution in [-0.4, -0.2) is 72.4 Å². The fraction of sp³-hybridized carbons (Fsp3) is 0.538. The molecule has 0 bridgehead atoms. The first-order valence-corrected chi connectivity index (χ1v) is 12.9. The number of likely N-dealkylation sites (tertiary alicyclic amines) is 1. The third-order valence-corrected chi connectivity index (χ3v) is 6.18. The standard InChI is InChI=1S/C26H36N2O7S/c1-7-34-19-10-8-9-18(13-19)14-20(29)27-23-24(17(2)16-36-12-11-21(30)33-6)28(25(23)32)15-22(31)35-26(3,4)5/h8-10,13,16,23-24H,7,11-12,14-15H2,1-6H3,(H,27,29). The van der Waals surface area contributed by atoms with E-state index < -0.39 is 23.7 Å². The molecule has 36 heavy (non-hydrogen) atoms. The summed E-state index contributed by atoms with van der Waals surface area (Å²) >= 11 is 1.40. The first-order chi connectivity index (χ1) is 16.9. The lowest BCUT2D eigenvalue weighted by atomic mass is 9.89. The van der Waals surface area contributed by atoms with Crippen LogP contribution in [0, 0.1) is 0 Å². The normalized spacial score (nSPS) is 17.8. The Morgan fingerprint density at radius 1 is 1.19 bits per heavy atom. The molecule has 0 radical (unpaired) electrons. The van der Waals surface area contributed by atoms with Crippen LogP contribution < -0.4 is 10.1 Å². The van der Waals surface area contributed by atoms with Gasteiger partial charge in [0, 0.05) is 5.75 Å². The van der Waals surface area contributed by atoms with Gasteiger partial charge >= 0.3 is 11.9 Å². The Labute approximate surface area is 216 Å². The predicted octanol–water partition coefficient (Wildman–Crippen LogP) is 2.87. The summed E-state index contributed by atoms with van der Waals surface area (Å²) in [5.74, 6) is -0.317. The van der Waals surface area contributed by atoms with E-state index in [0.717, 1.165) is 11.1 Å². The minimum absolute atomic E-state index is 0.0835. The summed E-state index contributed by atoms with van der Waals surface area (Å²) in [6.07, 6.45) is 0.331. The molecule has 0 spiro atoms. The topological polar surface area (TPSA) is 111 Å². The van der Waals surface area contributed by atoms with Gasteiger partial charge in [0.1, 0.15) is 23.9 Å². The van der Waals surface area contributed by atoms with Gasteiger partial charge in [-0.15, -0.1) is 11.8 Å². The number of carbonyl (C=O) groups is 4. The number of hydrogen-bond donors (Lipinski definition) is 1. The van der Waals surface area contributed by atoms with Crippen molar-refractivity contribution in [2.75, 3.05) is 26.0 Å². The molecule has 1 fully saturated rings. The molecule has 1 aromatic rings. The van der Waals surface area contributed by atoms with Crippen molar-refractivity contribution in [3.05, 3.63) is 40.8 Å². The van der Waals surface area contributed by atoms with E-state index in [2.05, 4.69) is 10.1 Å². The molecule has 1 heterocycles. The van der Waals surface area contributed by atoms with Gasteiger partial charge in [0.05, 0.1) is 32.6 Å². The van der Waals surface area contributed by atoms with Crippen molar-refractivity contribution < 1.29 is 33.4 Å². The highest BCUT2D eigenvalue weighted by atomic mass is 32.2. The second kappa shape index (κ2) is 13.3. The highest BCUT2D eigenvalue weighted by Crippen LogP contribution is 2.29. The molecule has 1 saturated heterocycles. The SMILES string of the molecule is CCOc1cccc(CC(=O)NC2C(=O)N(CC(=O)OC(C)(C)C)C2C(C)=CSCCC(=O)OC)c1. The monoisotopic (exact) mass is 520 g/mol. The summed E-state index contributed by atoms with van der Waals surface area (Å²) in [6.45, 7) is 9.28. The van der Waals surface area contributed by atoms with Crippen LogP contribution in [0.5, 0.6) is 5.75 Å². The van der Waals surface area contributed by atoms with Crippen molar-refractivity contribution in [2.45, 2.75) is 65.1 Å². The van der Waals surface area contributed by atoms with E-state index in [9.17, 15) is 19.2 Å². The number of hydrogen-bond acceptors (Lipinski definition) is 8. The summed E-state index contributed by atoms with van der Waals surface area (Å²) in [6, 6.07) is 5.94. The quantitative estimate of drug-likeness (QED) is 0.254.